The zero-order valence-electron chi connectivity index (χ0n) is 10.9. The predicted octanol–water partition coefficient (Wildman–Crippen LogP) is 3.21. The molecule has 92 valence electrons. The van der Waals surface area contributed by atoms with Crippen LogP contribution in [0.4, 0.5) is 0 Å². The number of benzene rings is 1. The second-order valence-corrected chi connectivity index (χ2v) is 5.43. The van der Waals surface area contributed by atoms with Gasteiger partial charge in [0.2, 0.25) is 0 Å². The summed E-state index contributed by atoms with van der Waals surface area (Å²) in [5.74, 6) is 1.74. The average Bonchev–Trinajstić information content (AvgIpc) is 2.27. The topological polar surface area (TPSA) is 37.3 Å². The zero-order chi connectivity index (χ0) is 13.5. The third kappa shape index (κ3) is 1.82. The number of carbonyl (C=O) groups is 1. The molecule has 0 saturated heterocycles. The van der Waals surface area contributed by atoms with Gasteiger partial charge in [-0.25, -0.2) is 4.79 Å². The molecule has 0 unspecified atom stereocenters. The fraction of sp³-hybridized carbons (Fsp3) is 0.312. The summed E-state index contributed by atoms with van der Waals surface area (Å²) in [6.45, 7) is 6.13. The maximum atomic E-state index is 11.4. The summed E-state index contributed by atoms with van der Waals surface area (Å²) in [6.07, 6.45) is 6.16. The van der Waals surface area contributed by atoms with E-state index in [1.54, 1.807) is 6.07 Å². The molecule has 1 aromatic carbocycles. The van der Waals surface area contributed by atoms with Gasteiger partial charge in [0.25, 0.3) is 0 Å². The molecule has 0 atom stereocenters. The molecule has 0 bridgehead atoms. The molecule has 0 fully saturated rings. The summed E-state index contributed by atoms with van der Waals surface area (Å²) in [6, 6.07) is 5.57. The Morgan fingerprint density at radius 1 is 1.44 bits per heavy atom. The van der Waals surface area contributed by atoms with Gasteiger partial charge in [0, 0.05) is 5.56 Å². The molecule has 2 rings (SSSR count). The van der Waals surface area contributed by atoms with Crippen molar-refractivity contribution in [1.82, 2.24) is 0 Å². The highest BCUT2D eigenvalue weighted by Gasteiger charge is 2.33. The van der Waals surface area contributed by atoms with Gasteiger partial charge in [0.05, 0.1) is 5.57 Å². The molecule has 0 saturated carbocycles. The zero-order valence-corrected chi connectivity index (χ0v) is 10.9. The van der Waals surface area contributed by atoms with Crippen molar-refractivity contribution in [3.8, 4) is 12.3 Å². The smallest absolute Gasteiger partial charge is 0.336 e. The lowest BCUT2D eigenvalue weighted by molar-refractivity contribution is -0.130. The minimum atomic E-state index is -0.863. The number of hydrogen-bond donors (Lipinski definition) is 1. The van der Waals surface area contributed by atoms with Crippen LogP contribution in [0.15, 0.2) is 23.8 Å². The minimum absolute atomic E-state index is 0.0781. The monoisotopic (exact) mass is 240 g/mol. The normalized spacial score (nSPS) is 17.0. The summed E-state index contributed by atoms with van der Waals surface area (Å²) in [5.41, 5.74) is 3.90. The van der Waals surface area contributed by atoms with Crippen LogP contribution >= 0.6 is 0 Å². The van der Waals surface area contributed by atoms with Crippen LogP contribution in [-0.2, 0) is 10.2 Å². The molecule has 0 heterocycles. The molecule has 2 nitrogen and oxygen atoms in total. The van der Waals surface area contributed by atoms with Gasteiger partial charge in [-0.2, -0.15) is 0 Å². The van der Waals surface area contributed by atoms with E-state index in [0.29, 0.717) is 5.57 Å². The van der Waals surface area contributed by atoms with Crippen LogP contribution < -0.4 is 0 Å². The van der Waals surface area contributed by atoms with Crippen LogP contribution in [0.5, 0.6) is 0 Å². The largest absolute Gasteiger partial charge is 0.478 e. The highest BCUT2D eigenvalue weighted by atomic mass is 16.4. The molecule has 1 aliphatic rings. The van der Waals surface area contributed by atoms with E-state index in [1.165, 1.54) is 0 Å². The van der Waals surface area contributed by atoms with Gasteiger partial charge in [-0.3, -0.25) is 0 Å². The number of allylic oxidation sites excluding steroid dienone is 1. The second-order valence-electron chi connectivity index (χ2n) is 5.43. The van der Waals surface area contributed by atoms with E-state index in [2.05, 4.69) is 19.8 Å². The van der Waals surface area contributed by atoms with E-state index >= 15 is 0 Å². The minimum Gasteiger partial charge on any atom is -0.478 e. The summed E-state index contributed by atoms with van der Waals surface area (Å²) in [7, 11) is 0. The van der Waals surface area contributed by atoms with E-state index < -0.39 is 5.97 Å². The maximum Gasteiger partial charge on any atom is 0.336 e. The van der Waals surface area contributed by atoms with Crippen molar-refractivity contribution in [3.05, 3.63) is 40.5 Å². The molecule has 0 spiro atoms. The van der Waals surface area contributed by atoms with Crippen molar-refractivity contribution in [2.24, 2.45) is 0 Å². The third-order valence-corrected chi connectivity index (χ3v) is 3.53. The fourth-order valence-corrected chi connectivity index (χ4v) is 2.79. The van der Waals surface area contributed by atoms with Crippen molar-refractivity contribution in [3.63, 3.8) is 0 Å². The Kier molecular flexibility index (Phi) is 2.78. The molecular weight excluding hydrogens is 224 g/mol. The Labute approximate surface area is 107 Å². The molecule has 1 aliphatic carbocycles. The average molecular weight is 240 g/mol. The first-order valence-electron chi connectivity index (χ1n) is 5.91. The van der Waals surface area contributed by atoms with E-state index in [0.717, 1.165) is 28.7 Å². The van der Waals surface area contributed by atoms with Crippen LogP contribution in [0.2, 0.25) is 0 Å². The first kappa shape index (κ1) is 12.4. The predicted molar refractivity (Wildman–Crippen MR) is 72.2 cm³/mol. The van der Waals surface area contributed by atoms with Crippen molar-refractivity contribution in [2.75, 3.05) is 0 Å². The van der Waals surface area contributed by atoms with Crippen LogP contribution in [0.25, 0.3) is 5.57 Å². The summed E-state index contributed by atoms with van der Waals surface area (Å²) < 4.78 is 0. The number of hydrogen-bond acceptors (Lipinski definition) is 1. The van der Waals surface area contributed by atoms with E-state index in [4.69, 9.17) is 6.42 Å². The number of terminal acetylenes is 1. The highest BCUT2D eigenvalue weighted by molar-refractivity contribution is 6.17. The Bertz CT molecular complexity index is 598. The SMILES string of the molecule is C#Cc1ccc2c(c1)C(C)(C)CC(C)=C2C(=O)O. The second kappa shape index (κ2) is 4.03. The first-order chi connectivity index (χ1) is 8.36. The molecule has 0 aromatic heterocycles. The molecule has 0 radical (unpaired) electrons. The van der Waals surface area contributed by atoms with Gasteiger partial charge in [-0.15, -0.1) is 6.42 Å². The molecule has 2 heteroatoms. The van der Waals surface area contributed by atoms with Crippen LogP contribution in [0.1, 0.15) is 43.9 Å². The van der Waals surface area contributed by atoms with Crippen LogP contribution in [0, 0.1) is 12.3 Å². The summed E-state index contributed by atoms with van der Waals surface area (Å²) in [4.78, 5) is 11.4. The number of fused-ring (bicyclic) bond motifs is 1. The maximum absolute atomic E-state index is 11.4. The summed E-state index contributed by atoms with van der Waals surface area (Å²) >= 11 is 0. The Hall–Kier alpha value is -2.01. The fourth-order valence-electron chi connectivity index (χ4n) is 2.79. The molecule has 0 aliphatic heterocycles. The van der Waals surface area contributed by atoms with E-state index in [-0.39, 0.29) is 5.41 Å². The number of aliphatic carboxylic acids is 1. The Morgan fingerprint density at radius 2 is 2.11 bits per heavy atom. The number of carboxylic acid groups (broad SMARTS) is 1. The van der Waals surface area contributed by atoms with Crippen molar-refractivity contribution < 1.29 is 9.90 Å². The van der Waals surface area contributed by atoms with Crippen LogP contribution in [-0.4, -0.2) is 11.1 Å². The van der Waals surface area contributed by atoms with Gasteiger partial charge in [0.1, 0.15) is 0 Å². The van der Waals surface area contributed by atoms with Gasteiger partial charge < -0.3 is 5.11 Å². The lowest BCUT2D eigenvalue weighted by Crippen LogP contribution is -2.25. The Morgan fingerprint density at radius 3 is 2.67 bits per heavy atom. The first-order valence-corrected chi connectivity index (χ1v) is 5.91. The van der Waals surface area contributed by atoms with E-state index in [9.17, 15) is 9.90 Å². The number of rotatable bonds is 1. The summed E-state index contributed by atoms with van der Waals surface area (Å²) in [5, 5.41) is 9.35. The van der Waals surface area contributed by atoms with Crippen molar-refractivity contribution >= 4 is 11.5 Å². The van der Waals surface area contributed by atoms with Crippen LogP contribution in [0.3, 0.4) is 0 Å². The van der Waals surface area contributed by atoms with Crippen molar-refractivity contribution in [2.45, 2.75) is 32.6 Å². The molecule has 0 amide bonds. The lowest BCUT2D eigenvalue weighted by atomic mass is 9.70. The quantitative estimate of drug-likeness (QED) is 0.765. The highest BCUT2D eigenvalue weighted by Crippen LogP contribution is 2.42. The van der Waals surface area contributed by atoms with E-state index in [1.807, 2.05) is 19.1 Å². The molecule has 1 N–H and O–H groups in total. The lowest BCUT2D eigenvalue weighted by Gasteiger charge is -2.34. The standard InChI is InChI=1S/C16H16O2/c1-5-11-6-7-12-13(8-11)16(3,4)9-10(2)14(12)15(17)18/h1,6-8H,9H2,2-4H3,(H,17,18). The van der Waals surface area contributed by atoms with Gasteiger partial charge in [-0.05, 0) is 42.0 Å². The molecule has 18 heavy (non-hydrogen) atoms. The number of carboxylic acids is 1. The van der Waals surface area contributed by atoms with Gasteiger partial charge in [0.15, 0.2) is 0 Å². The van der Waals surface area contributed by atoms with Crippen molar-refractivity contribution in [1.29, 1.82) is 0 Å². The van der Waals surface area contributed by atoms with Gasteiger partial charge >= 0.3 is 5.97 Å². The molecule has 1 aromatic rings. The Balaban J connectivity index is 2.75. The third-order valence-electron chi connectivity index (χ3n) is 3.53. The molecular formula is C16H16O2. The van der Waals surface area contributed by atoms with Gasteiger partial charge in [-0.1, -0.05) is 31.4 Å².